The number of aliphatic hydroxyl groups is 1. The van der Waals surface area contributed by atoms with Crippen LogP contribution in [0, 0.1) is 28.6 Å². The standard InChI is InChI=1S/C28H46O/c1-20-18-25(29)19-23(21(20)2)13-12-22-10-9-17-28(6)24(14-15-26(22)28)11-7-8-16-27(3,4)5/h12-13,20,24-26,29H,2,7-11,14-19H2,1,3-6H3/b22-12+,23-13-. The van der Waals surface area contributed by atoms with Crippen molar-refractivity contribution in [2.75, 3.05) is 0 Å². The van der Waals surface area contributed by atoms with Crippen LogP contribution in [-0.2, 0) is 0 Å². The van der Waals surface area contributed by atoms with Crippen LogP contribution in [-0.4, -0.2) is 11.2 Å². The van der Waals surface area contributed by atoms with Crippen LogP contribution in [0.3, 0.4) is 0 Å². The van der Waals surface area contributed by atoms with E-state index in [1.54, 1.807) is 5.57 Å². The highest BCUT2D eigenvalue weighted by Crippen LogP contribution is 2.58. The van der Waals surface area contributed by atoms with Crippen LogP contribution in [0.5, 0.6) is 0 Å². The minimum atomic E-state index is -0.194. The first-order chi connectivity index (χ1) is 13.6. The van der Waals surface area contributed by atoms with Gasteiger partial charge < -0.3 is 5.11 Å². The molecule has 29 heavy (non-hydrogen) atoms. The fraction of sp³-hybridized carbons (Fsp3) is 0.786. The van der Waals surface area contributed by atoms with Crippen LogP contribution >= 0.6 is 0 Å². The summed E-state index contributed by atoms with van der Waals surface area (Å²) in [6.07, 6.45) is 18.6. The van der Waals surface area contributed by atoms with Crippen molar-refractivity contribution in [3.63, 3.8) is 0 Å². The zero-order chi connectivity index (χ0) is 21.2. The number of aliphatic hydroxyl groups excluding tert-OH is 1. The highest BCUT2D eigenvalue weighted by Gasteiger charge is 2.48. The molecule has 0 aromatic heterocycles. The van der Waals surface area contributed by atoms with Gasteiger partial charge in [-0.15, -0.1) is 0 Å². The van der Waals surface area contributed by atoms with Crippen LogP contribution in [0.15, 0.2) is 35.5 Å². The predicted molar refractivity (Wildman–Crippen MR) is 126 cm³/mol. The number of fused-ring (bicyclic) bond motifs is 1. The molecule has 3 aliphatic carbocycles. The molecule has 3 fully saturated rings. The van der Waals surface area contributed by atoms with Gasteiger partial charge in [0.15, 0.2) is 0 Å². The van der Waals surface area contributed by atoms with E-state index in [0.29, 0.717) is 16.7 Å². The Morgan fingerprint density at radius 1 is 1.17 bits per heavy atom. The number of hydrogen-bond donors (Lipinski definition) is 1. The Morgan fingerprint density at radius 2 is 1.93 bits per heavy atom. The van der Waals surface area contributed by atoms with Crippen molar-refractivity contribution in [3.05, 3.63) is 35.5 Å². The second-order valence-corrected chi connectivity index (χ2v) is 11.9. The molecule has 164 valence electrons. The van der Waals surface area contributed by atoms with Gasteiger partial charge in [-0.1, -0.05) is 71.8 Å². The molecular formula is C28H46O. The minimum absolute atomic E-state index is 0.194. The molecular weight excluding hydrogens is 352 g/mol. The van der Waals surface area contributed by atoms with Gasteiger partial charge in [0, 0.05) is 0 Å². The quantitative estimate of drug-likeness (QED) is 0.465. The molecule has 0 spiro atoms. The molecule has 1 N–H and O–H groups in total. The SMILES string of the molecule is C=C1/C(=C\C=C2/CCCC3(C)C(CCCCC(C)(C)C)CCC23)CC(O)CC1C. The highest BCUT2D eigenvalue weighted by molar-refractivity contribution is 5.37. The molecule has 0 radical (unpaired) electrons. The van der Waals surface area contributed by atoms with E-state index in [0.717, 1.165) is 24.7 Å². The molecule has 1 nitrogen and oxygen atoms in total. The van der Waals surface area contributed by atoms with E-state index in [9.17, 15) is 5.11 Å². The largest absolute Gasteiger partial charge is 0.393 e. The van der Waals surface area contributed by atoms with E-state index >= 15 is 0 Å². The van der Waals surface area contributed by atoms with Crippen LogP contribution in [0.25, 0.3) is 0 Å². The van der Waals surface area contributed by atoms with Crippen molar-refractivity contribution in [1.82, 2.24) is 0 Å². The molecule has 0 bridgehead atoms. The van der Waals surface area contributed by atoms with Crippen molar-refractivity contribution in [2.45, 2.75) is 111 Å². The maximum Gasteiger partial charge on any atom is 0.0586 e. The van der Waals surface area contributed by atoms with Crippen LogP contribution < -0.4 is 0 Å². The number of unbranched alkanes of at least 4 members (excludes halogenated alkanes) is 1. The summed E-state index contributed by atoms with van der Waals surface area (Å²) >= 11 is 0. The molecule has 0 aromatic rings. The summed E-state index contributed by atoms with van der Waals surface area (Å²) < 4.78 is 0. The molecule has 1 heteroatoms. The van der Waals surface area contributed by atoms with Gasteiger partial charge in [-0.05, 0) is 97.5 Å². The Bertz CT molecular complexity index is 646. The van der Waals surface area contributed by atoms with Gasteiger partial charge in [0.05, 0.1) is 6.10 Å². The fourth-order valence-corrected chi connectivity index (χ4v) is 6.58. The Labute approximate surface area is 180 Å². The molecule has 3 saturated carbocycles. The Morgan fingerprint density at radius 3 is 2.66 bits per heavy atom. The first-order valence-corrected chi connectivity index (χ1v) is 12.4. The minimum Gasteiger partial charge on any atom is -0.393 e. The Hall–Kier alpha value is -0.820. The smallest absolute Gasteiger partial charge is 0.0586 e. The first-order valence-electron chi connectivity index (χ1n) is 12.4. The normalized spacial score (nSPS) is 38.6. The summed E-state index contributed by atoms with van der Waals surface area (Å²) in [5.41, 5.74) is 5.20. The van der Waals surface area contributed by atoms with Crippen molar-refractivity contribution >= 4 is 0 Å². The highest BCUT2D eigenvalue weighted by atomic mass is 16.3. The lowest BCUT2D eigenvalue weighted by Crippen LogP contribution is -2.33. The van der Waals surface area contributed by atoms with Crippen molar-refractivity contribution in [2.24, 2.45) is 28.6 Å². The molecule has 5 unspecified atom stereocenters. The summed E-state index contributed by atoms with van der Waals surface area (Å²) in [7, 11) is 0. The third-order valence-electron chi connectivity index (χ3n) is 8.48. The summed E-state index contributed by atoms with van der Waals surface area (Å²) in [5.74, 6) is 2.10. The summed E-state index contributed by atoms with van der Waals surface area (Å²) in [4.78, 5) is 0. The molecule has 0 aliphatic heterocycles. The maximum absolute atomic E-state index is 10.2. The molecule has 0 aromatic carbocycles. The van der Waals surface area contributed by atoms with E-state index in [1.165, 1.54) is 68.9 Å². The van der Waals surface area contributed by atoms with Crippen molar-refractivity contribution < 1.29 is 5.11 Å². The van der Waals surface area contributed by atoms with Crippen molar-refractivity contribution in [3.8, 4) is 0 Å². The van der Waals surface area contributed by atoms with Crippen LogP contribution in [0.4, 0.5) is 0 Å². The summed E-state index contributed by atoms with van der Waals surface area (Å²) in [6, 6.07) is 0. The van der Waals surface area contributed by atoms with E-state index in [1.807, 2.05) is 0 Å². The topological polar surface area (TPSA) is 20.2 Å². The lowest BCUT2D eigenvalue weighted by atomic mass is 9.62. The fourth-order valence-electron chi connectivity index (χ4n) is 6.58. The third-order valence-corrected chi connectivity index (χ3v) is 8.48. The van der Waals surface area contributed by atoms with Crippen LogP contribution in [0.1, 0.15) is 105 Å². The Kier molecular flexibility index (Phi) is 7.19. The lowest BCUT2D eigenvalue weighted by molar-refractivity contribution is 0.126. The average molecular weight is 399 g/mol. The number of hydrogen-bond acceptors (Lipinski definition) is 1. The monoisotopic (exact) mass is 398 g/mol. The molecule has 0 saturated heterocycles. The summed E-state index contributed by atoms with van der Waals surface area (Å²) in [6.45, 7) is 16.2. The molecule has 3 rings (SSSR count). The van der Waals surface area contributed by atoms with Gasteiger partial charge in [-0.3, -0.25) is 0 Å². The lowest BCUT2D eigenvalue weighted by Gasteiger charge is -2.42. The zero-order valence-electron chi connectivity index (χ0n) is 19.9. The van der Waals surface area contributed by atoms with Gasteiger partial charge in [-0.25, -0.2) is 0 Å². The van der Waals surface area contributed by atoms with E-state index in [-0.39, 0.29) is 6.10 Å². The average Bonchev–Trinajstić information content (AvgIpc) is 2.96. The third kappa shape index (κ3) is 5.46. The second-order valence-electron chi connectivity index (χ2n) is 11.9. The predicted octanol–water partition coefficient (Wildman–Crippen LogP) is 8.01. The second kappa shape index (κ2) is 9.13. The van der Waals surface area contributed by atoms with Crippen LogP contribution in [0.2, 0.25) is 0 Å². The number of allylic oxidation sites excluding steroid dienone is 4. The number of rotatable bonds is 5. The molecule has 0 heterocycles. The van der Waals surface area contributed by atoms with E-state index in [2.05, 4.69) is 53.3 Å². The van der Waals surface area contributed by atoms with Gasteiger partial charge in [-0.2, -0.15) is 0 Å². The molecule has 3 aliphatic rings. The molecule has 5 atom stereocenters. The summed E-state index contributed by atoms with van der Waals surface area (Å²) in [5, 5.41) is 10.2. The van der Waals surface area contributed by atoms with Gasteiger partial charge in [0.2, 0.25) is 0 Å². The van der Waals surface area contributed by atoms with Crippen molar-refractivity contribution in [1.29, 1.82) is 0 Å². The van der Waals surface area contributed by atoms with Gasteiger partial charge in [0.1, 0.15) is 0 Å². The van der Waals surface area contributed by atoms with Gasteiger partial charge >= 0.3 is 0 Å². The van der Waals surface area contributed by atoms with E-state index < -0.39 is 0 Å². The Balaban J connectivity index is 1.65. The zero-order valence-corrected chi connectivity index (χ0v) is 19.9. The van der Waals surface area contributed by atoms with E-state index in [4.69, 9.17) is 0 Å². The maximum atomic E-state index is 10.2. The molecule has 0 amide bonds. The first kappa shape index (κ1) is 22.9. The van der Waals surface area contributed by atoms with Gasteiger partial charge in [0.25, 0.3) is 0 Å².